The van der Waals surface area contributed by atoms with Gasteiger partial charge >= 0.3 is 0 Å². The number of nitrogens with one attached hydrogen (secondary N) is 2. The van der Waals surface area contributed by atoms with Crippen molar-refractivity contribution in [1.29, 1.82) is 0 Å². The van der Waals surface area contributed by atoms with E-state index in [1.54, 1.807) is 0 Å². The van der Waals surface area contributed by atoms with E-state index in [1.807, 2.05) is 13.8 Å². The van der Waals surface area contributed by atoms with Crippen LogP contribution in [0.3, 0.4) is 0 Å². The average molecular weight is 401 g/mol. The summed E-state index contributed by atoms with van der Waals surface area (Å²) in [5.41, 5.74) is -0.0636. The standard InChI is InChI=1S/C13H27NO.C10H21NO.CH4/c1-12(2,3)14-11-8-6-10(7-9-11)13(4,5)15;1-10(2,3)11-8-4-6-9(12)7-5-8;/h10-11,14-15H,6-9H2,1-5H3;8-9,11-12H,4-7H2,1-3H3;1H4. The van der Waals surface area contributed by atoms with Crippen LogP contribution in [0.25, 0.3) is 0 Å². The van der Waals surface area contributed by atoms with Gasteiger partial charge in [0.15, 0.2) is 0 Å². The Labute approximate surface area is 176 Å². The Balaban J connectivity index is 0.000000514. The minimum atomic E-state index is -0.493. The molecule has 2 aliphatic rings. The van der Waals surface area contributed by atoms with Crippen LogP contribution in [-0.2, 0) is 0 Å². The molecule has 0 heterocycles. The maximum atomic E-state index is 9.94. The Morgan fingerprint density at radius 2 is 0.929 bits per heavy atom. The van der Waals surface area contributed by atoms with Gasteiger partial charge in [0.05, 0.1) is 11.7 Å². The van der Waals surface area contributed by atoms with E-state index in [-0.39, 0.29) is 24.6 Å². The van der Waals surface area contributed by atoms with Gasteiger partial charge in [0.25, 0.3) is 0 Å². The van der Waals surface area contributed by atoms with Gasteiger partial charge in [-0.15, -0.1) is 0 Å². The van der Waals surface area contributed by atoms with Gasteiger partial charge in [-0.3, -0.25) is 0 Å². The summed E-state index contributed by atoms with van der Waals surface area (Å²) in [7, 11) is 0. The Morgan fingerprint density at radius 1 is 0.607 bits per heavy atom. The maximum Gasteiger partial charge on any atom is 0.0619 e. The first kappa shape index (κ1) is 27.8. The molecule has 2 fully saturated rings. The fraction of sp³-hybridized carbons (Fsp3) is 1.00. The second-order valence-corrected chi connectivity index (χ2v) is 11.5. The molecular weight excluding hydrogens is 348 g/mol. The van der Waals surface area contributed by atoms with E-state index in [9.17, 15) is 10.2 Å². The number of aliphatic hydroxyl groups excluding tert-OH is 1. The molecule has 0 unspecified atom stereocenters. The van der Waals surface area contributed by atoms with Gasteiger partial charge in [-0.2, -0.15) is 0 Å². The minimum absolute atomic E-state index is 0. The molecule has 0 aromatic heterocycles. The van der Waals surface area contributed by atoms with Gasteiger partial charge in [-0.25, -0.2) is 0 Å². The second-order valence-electron chi connectivity index (χ2n) is 11.5. The van der Waals surface area contributed by atoms with Crippen molar-refractivity contribution in [3.05, 3.63) is 0 Å². The highest BCUT2D eigenvalue weighted by Crippen LogP contribution is 2.33. The number of rotatable bonds is 3. The molecular formula is C24H52N2O2. The van der Waals surface area contributed by atoms with Crippen molar-refractivity contribution >= 4 is 0 Å². The highest BCUT2D eigenvalue weighted by atomic mass is 16.3. The largest absolute Gasteiger partial charge is 0.393 e. The highest BCUT2D eigenvalue weighted by molar-refractivity contribution is 4.87. The summed E-state index contributed by atoms with van der Waals surface area (Å²) in [6.07, 6.45) is 8.84. The van der Waals surface area contributed by atoms with Crippen LogP contribution in [0.15, 0.2) is 0 Å². The number of hydrogen-bond acceptors (Lipinski definition) is 4. The lowest BCUT2D eigenvalue weighted by Gasteiger charge is -2.38. The van der Waals surface area contributed by atoms with Crippen molar-refractivity contribution < 1.29 is 10.2 Å². The molecule has 4 N–H and O–H groups in total. The molecule has 2 rings (SSSR count). The van der Waals surface area contributed by atoms with Crippen molar-refractivity contribution in [2.24, 2.45) is 5.92 Å². The molecule has 0 amide bonds. The third-order valence-corrected chi connectivity index (χ3v) is 5.70. The molecule has 0 atom stereocenters. The Kier molecular flexibility index (Phi) is 11.2. The Morgan fingerprint density at radius 3 is 1.21 bits per heavy atom. The molecule has 4 nitrogen and oxygen atoms in total. The maximum absolute atomic E-state index is 9.94. The van der Waals surface area contributed by atoms with Crippen LogP contribution in [0.5, 0.6) is 0 Å². The van der Waals surface area contributed by atoms with E-state index >= 15 is 0 Å². The van der Waals surface area contributed by atoms with E-state index in [0.717, 1.165) is 38.5 Å². The molecule has 0 aromatic rings. The number of aliphatic hydroxyl groups is 2. The van der Waals surface area contributed by atoms with E-state index < -0.39 is 5.60 Å². The van der Waals surface area contributed by atoms with Gasteiger partial charge in [0, 0.05) is 23.2 Å². The van der Waals surface area contributed by atoms with Gasteiger partial charge in [-0.05, 0) is 113 Å². The zero-order valence-corrected chi connectivity index (χ0v) is 19.4. The average Bonchev–Trinajstić information content (AvgIpc) is 2.47. The molecule has 0 bridgehead atoms. The summed E-state index contributed by atoms with van der Waals surface area (Å²) in [6, 6.07) is 1.26. The smallest absolute Gasteiger partial charge is 0.0619 e. The molecule has 2 aliphatic carbocycles. The van der Waals surface area contributed by atoms with Crippen LogP contribution < -0.4 is 10.6 Å². The monoisotopic (exact) mass is 400 g/mol. The normalized spacial score (nSPS) is 29.4. The van der Waals surface area contributed by atoms with Crippen molar-refractivity contribution in [3.63, 3.8) is 0 Å². The van der Waals surface area contributed by atoms with Gasteiger partial charge in [0.2, 0.25) is 0 Å². The van der Waals surface area contributed by atoms with Crippen LogP contribution in [0.1, 0.15) is 114 Å². The number of hydrogen-bond donors (Lipinski definition) is 4. The summed E-state index contributed by atoms with van der Waals surface area (Å²) in [5, 5.41) is 26.5. The lowest BCUT2D eigenvalue weighted by Crippen LogP contribution is -2.46. The van der Waals surface area contributed by atoms with Gasteiger partial charge in [0.1, 0.15) is 0 Å². The first-order chi connectivity index (χ1) is 12.2. The van der Waals surface area contributed by atoms with Crippen LogP contribution in [0.4, 0.5) is 0 Å². The first-order valence-corrected chi connectivity index (χ1v) is 11.1. The topological polar surface area (TPSA) is 64.5 Å². The zero-order chi connectivity index (χ0) is 20.9. The van der Waals surface area contributed by atoms with Gasteiger partial charge < -0.3 is 20.8 Å². The summed E-state index contributed by atoms with van der Waals surface area (Å²) in [5.74, 6) is 0.482. The lowest BCUT2D eigenvalue weighted by atomic mass is 9.77. The predicted octanol–water partition coefficient (Wildman–Crippen LogP) is 5.02. The summed E-state index contributed by atoms with van der Waals surface area (Å²) in [6.45, 7) is 17.1. The van der Waals surface area contributed by atoms with Crippen LogP contribution in [-0.4, -0.2) is 45.1 Å². The van der Waals surface area contributed by atoms with Crippen LogP contribution in [0, 0.1) is 5.92 Å². The molecule has 2 saturated carbocycles. The molecule has 28 heavy (non-hydrogen) atoms. The quantitative estimate of drug-likeness (QED) is 0.537. The Hall–Kier alpha value is -0.160. The van der Waals surface area contributed by atoms with E-state index in [1.165, 1.54) is 12.8 Å². The van der Waals surface area contributed by atoms with Crippen molar-refractivity contribution in [2.75, 3.05) is 0 Å². The van der Waals surface area contributed by atoms with E-state index in [0.29, 0.717) is 18.0 Å². The molecule has 0 radical (unpaired) electrons. The van der Waals surface area contributed by atoms with Crippen molar-refractivity contribution in [2.45, 2.75) is 149 Å². The van der Waals surface area contributed by atoms with Crippen molar-refractivity contribution in [1.82, 2.24) is 10.6 Å². The van der Waals surface area contributed by atoms with Crippen molar-refractivity contribution in [3.8, 4) is 0 Å². The zero-order valence-electron chi connectivity index (χ0n) is 19.4. The van der Waals surface area contributed by atoms with Crippen LogP contribution in [0.2, 0.25) is 0 Å². The predicted molar refractivity (Wildman–Crippen MR) is 123 cm³/mol. The summed E-state index contributed by atoms with van der Waals surface area (Å²) < 4.78 is 0. The molecule has 0 aliphatic heterocycles. The summed E-state index contributed by atoms with van der Waals surface area (Å²) in [4.78, 5) is 0. The molecule has 4 heteroatoms. The minimum Gasteiger partial charge on any atom is -0.393 e. The van der Waals surface area contributed by atoms with E-state index in [4.69, 9.17) is 0 Å². The molecule has 170 valence electrons. The SMILES string of the molecule is C.CC(C)(C)NC1CCC(C(C)(C)O)CC1.CC(C)(C)NC1CCC(O)CC1. The first-order valence-electron chi connectivity index (χ1n) is 11.1. The Bertz CT molecular complexity index is 402. The third-order valence-electron chi connectivity index (χ3n) is 5.70. The van der Waals surface area contributed by atoms with Gasteiger partial charge in [-0.1, -0.05) is 7.43 Å². The second kappa shape index (κ2) is 11.3. The van der Waals surface area contributed by atoms with E-state index in [2.05, 4.69) is 52.2 Å². The molecule has 0 saturated heterocycles. The van der Waals surface area contributed by atoms with Crippen LogP contribution >= 0.6 is 0 Å². The highest BCUT2D eigenvalue weighted by Gasteiger charge is 2.32. The third kappa shape index (κ3) is 12.4. The molecule has 0 spiro atoms. The summed E-state index contributed by atoms with van der Waals surface area (Å²) >= 11 is 0. The fourth-order valence-corrected chi connectivity index (χ4v) is 4.39. The fourth-order valence-electron chi connectivity index (χ4n) is 4.39. The lowest BCUT2D eigenvalue weighted by molar-refractivity contribution is -0.00391. The molecule has 0 aromatic carbocycles.